The van der Waals surface area contributed by atoms with Crippen molar-refractivity contribution in [1.29, 1.82) is 0 Å². The van der Waals surface area contributed by atoms with E-state index in [9.17, 15) is 0 Å². The van der Waals surface area contributed by atoms with Gasteiger partial charge in [0.15, 0.2) is 5.16 Å². The van der Waals surface area contributed by atoms with Crippen LogP contribution in [0, 0.1) is 6.92 Å². The lowest BCUT2D eigenvalue weighted by atomic mass is 10.1. The van der Waals surface area contributed by atoms with Gasteiger partial charge in [-0.15, -0.1) is 10.2 Å². The summed E-state index contributed by atoms with van der Waals surface area (Å²) in [6.45, 7) is 7.39. The third kappa shape index (κ3) is 3.41. The number of aromatic nitrogens is 3. The molecule has 1 aromatic carbocycles. The molecular weight excluding hydrogens is 268 g/mol. The second kappa shape index (κ2) is 6.90. The average Bonchev–Trinajstić information content (AvgIpc) is 2.77. The summed E-state index contributed by atoms with van der Waals surface area (Å²) in [5.74, 6) is 0.933. The normalized spacial score (nSPS) is 12.6. The second-order valence-corrected chi connectivity index (χ2v) is 5.91. The van der Waals surface area contributed by atoms with Crippen LogP contribution in [0.2, 0.25) is 0 Å². The van der Waals surface area contributed by atoms with Gasteiger partial charge >= 0.3 is 0 Å². The lowest BCUT2D eigenvalue weighted by molar-refractivity contribution is 0.563. The first-order chi connectivity index (χ1) is 9.63. The van der Waals surface area contributed by atoms with Gasteiger partial charge in [-0.2, -0.15) is 0 Å². The van der Waals surface area contributed by atoms with E-state index in [0.717, 1.165) is 23.9 Å². The predicted octanol–water partition coefficient (Wildman–Crippen LogP) is 3.34. The van der Waals surface area contributed by atoms with Crippen molar-refractivity contribution in [2.24, 2.45) is 7.05 Å². The molecule has 20 heavy (non-hydrogen) atoms. The molecule has 0 amide bonds. The molecule has 1 aromatic heterocycles. The van der Waals surface area contributed by atoms with Crippen LogP contribution in [0.1, 0.15) is 37.7 Å². The number of hydrogen-bond donors (Lipinski definition) is 1. The molecule has 108 valence electrons. The van der Waals surface area contributed by atoms with Crippen LogP contribution in [0.25, 0.3) is 0 Å². The SMILES string of the molecule is CCCNC(C)c1ccccc1Sc1nnc(C)n1C. The Labute approximate surface area is 125 Å². The van der Waals surface area contributed by atoms with Crippen molar-refractivity contribution in [2.45, 2.75) is 43.3 Å². The summed E-state index contributed by atoms with van der Waals surface area (Å²) in [4.78, 5) is 1.24. The van der Waals surface area contributed by atoms with Crippen molar-refractivity contribution in [3.8, 4) is 0 Å². The van der Waals surface area contributed by atoms with Gasteiger partial charge in [-0.1, -0.05) is 25.1 Å². The van der Waals surface area contributed by atoms with E-state index in [1.165, 1.54) is 10.5 Å². The van der Waals surface area contributed by atoms with Gasteiger partial charge in [0.2, 0.25) is 0 Å². The number of benzene rings is 1. The number of nitrogens with one attached hydrogen (secondary N) is 1. The van der Waals surface area contributed by atoms with Crippen LogP contribution in [0.3, 0.4) is 0 Å². The molecule has 4 nitrogen and oxygen atoms in total. The van der Waals surface area contributed by atoms with Crippen molar-refractivity contribution in [1.82, 2.24) is 20.1 Å². The zero-order chi connectivity index (χ0) is 14.5. The van der Waals surface area contributed by atoms with E-state index in [1.54, 1.807) is 11.8 Å². The van der Waals surface area contributed by atoms with Crippen LogP contribution in [0.5, 0.6) is 0 Å². The molecule has 0 aliphatic heterocycles. The maximum Gasteiger partial charge on any atom is 0.195 e. The van der Waals surface area contributed by atoms with Crippen molar-refractivity contribution in [3.05, 3.63) is 35.7 Å². The molecule has 0 aliphatic carbocycles. The first-order valence-electron chi connectivity index (χ1n) is 6.99. The smallest absolute Gasteiger partial charge is 0.195 e. The molecule has 0 bridgehead atoms. The number of rotatable bonds is 6. The Hall–Kier alpha value is -1.33. The highest BCUT2D eigenvalue weighted by molar-refractivity contribution is 7.99. The van der Waals surface area contributed by atoms with Crippen LogP contribution in [0.15, 0.2) is 34.3 Å². The molecule has 0 radical (unpaired) electrons. The van der Waals surface area contributed by atoms with E-state index in [-0.39, 0.29) is 0 Å². The highest BCUT2D eigenvalue weighted by atomic mass is 32.2. The molecule has 5 heteroatoms. The summed E-state index contributed by atoms with van der Waals surface area (Å²) in [5.41, 5.74) is 1.31. The molecule has 0 spiro atoms. The molecule has 2 aromatic rings. The van der Waals surface area contributed by atoms with E-state index in [1.807, 2.05) is 18.5 Å². The number of nitrogens with zero attached hydrogens (tertiary/aromatic N) is 3. The summed E-state index contributed by atoms with van der Waals surface area (Å²) in [6, 6.07) is 8.83. The Kier molecular flexibility index (Phi) is 5.20. The topological polar surface area (TPSA) is 42.7 Å². The maximum absolute atomic E-state index is 4.23. The highest BCUT2D eigenvalue weighted by Crippen LogP contribution is 2.32. The van der Waals surface area contributed by atoms with Crippen molar-refractivity contribution >= 4 is 11.8 Å². The summed E-state index contributed by atoms with van der Waals surface area (Å²) in [7, 11) is 2.00. The molecule has 0 saturated carbocycles. The number of hydrogen-bond acceptors (Lipinski definition) is 4. The summed E-state index contributed by atoms with van der Waals surface area (Å²) >= 11 is 1.67. The Bertz CT molecular complexity index is 565. The van der Waals surface area contributed by atoms with E-state index in [2.05, 4.69) is 53.6 Å². The van der Waals surface area contributed by atoms with Crippen molar-refractivity contribution < 1.29 is 0 Å². The minimum absolute atomic E-state index is 0.341. The monoisotopic (exact) mass is 290 g/mol. The molecule has 1 N–H and O–H groups in total. The van der Waals surface area contributed by atoms with Gasteiger partial charge in [-0.3, -0.25) is 0 Å². The standard InChI is InChI=1S/C15H22N4S/c1-5-10-16-11(2)13-8-6-7-9-14(13)20-15-18-17-12(3)19(15)4/h6-9,11,16H,5,10H2,1-4H3. The number of aryl methyl sites for hydroxylation is 1. The van der Waals surface area contributed by atoms with Gasteiger partial charge in [0, 0.05) is 18.0 Å². The van der Waals surface area contributed by atoms with E-state index in [0.29, 0.717) is 6.04 Å². The van der Waals surface area contributed by atoms with Gasteiger partial charge in [-0.25, -0.2) is 0 Å². The van der Waals surface area contributed by atoms with Gasteiger partial charge in [0.25, 0.3) is 0 Å². The molecule has 0 aliphatic rings. The fourth-order valence-electron chi connectivity index (χ4n) is 1.98. The molecule has 0 fully saturated rings. The first kappa shape index (κ1) is 15.1. The fourth-order valence-corrected chi connectivity index (χ4v) is 3.03. The molecule has 2 rings (SSSR count). The quantitative estimate of drug-likeness (QED) is 0.886. The average molecular weight is 290 g/mol. The predicted molar refractivity (Wildman–Crippen MR) is 83.0 cm³/mol. The molecule has 1 unspecified atom stereocenters. The fraction of sp³-hybridized carbons (Fsp3) is 0.467. The van der Waals surface area contributed by atoms with Crippen molar-refractivity contribution in [2.75, 3.05) is 6.54 Å². The third-order valence-electron chi connectivity index (χ3n) is 3.34. The summed E-state index contributed by atoms with van der Waals surface area (Å²) in [6.07, 6.45) is 1.14. The second-order valence-electron chi connectivity index (χ2n) is 4.90. The third-order valence-corrected chi connectivity index (χ3v) is 4.47. The van der Waals surface area contributed by atoms with Gasteiger partial charge < -0.3 is 9.88 Å². The molecule has 1 atom stereocenters. The molecule has 0 saturated heterocycles. The Balaban J connectivity index is 2.21. The van der Waals surface area contributed by atoms with Gasteiger partial charge in [0.05, 0.1) is 0 Å². The highest BCUT2D eigenvalue weighted by Gasteiger charge is 2.13. The lowest BCUT2D eigenvalue weighted by Crippen LogP contribution is -2.19. The molecular formula is C15H22N4S. The van der Waals surface area contributed by atoms with E-state index < -0.39 is 0 Å². The zero-order valence-corrected chi connectivity index (χ0v) is 13.4. The van der Waals surface area contributed by atoms with Crippen molar-refractivity contribution in [3.63, 3.8) is 0 Å². The Morgan fingerprint density at radius 3 is 2.70 bits per heavy atom. The Morgan fingerprint density at radius 1 is 1.30 bits per heavy atom. The lowest BCUT2D eigenvalue weighted by Gasteiger charge is -2.17. The minimum atomic E-state index is 0.341. The Morgan fingerprint density at radius 2 is 2.05 bits per heavy atom. The summed E-state index contributed by atoms with van der Waals surface area (Å²) in [5, 5.41) is 12.8. The maximum atomic E-state index is 4.23. The van der Waals surface area contributed by atoms with E-state index >= 15 is 0 Å². The van der Waals surface area contributed by atoms with Crippen LogP contribution in [-0.2, 0) is 7.05 Å². The van der Waals surface area contributed by atoms with Gasteiger partial charge in [-0.05, 0) is 50.2 Å². The molecule has 1 heterocycles. The largest absolute Gasteiger partial charge is 0.310 e. The van der Waals surface area contributed by atoms with Crippen LogP contribution >= 0.6 is 11.8 Å². The summed E-state index contributed by atoms with van der Waals surface area (Å²) < 4.78 is 2.02. The van der Waals surface area contributed by atoms with Crippen LogP contribution in [0.4, 0.5) is 0 Å². The van der Waals surface area contributed by atoms with E-state index in [4.69, 9.17) is 0 Å². The van der Waals surface area contributed by atoms with Gasteiger partial charge in [0.1, 0.15) is 5.82 Å². The van der Waals surface area contributed by atoms with Crippen LogP contribution < -0.4 is 5.32 Å². The van der Waals surface area contributed by atoms with Crippen LogP contribution in [-0.4, -0.2) is 21.3 Å². The minimum Gasteiger partial charge on any atom is -0.310 e. The zero-order valence-electron chi connectivity index (χ0n) is 12.6. The first-order valence-corrected chi connectivity index (χ1v) is 7.81.